The number of ether oxygens (including phenoxy) is 1. The Morgan fingerprint density at radius 3 is 2.50 bits per heavy atom. The first-order chi connectivity index (χ1) is 27.6. The number of alkyl halides is 3. The lowest BCUT2D eigenvalue weighted by Crippen LogP contribution is -2.58. The highest BCUT2D eigenvalue weighted by atomic mass is 32.2. The van der Waals surface area contributed by atoms with Crippen molar-refractivity contribution in [1.29, 1.82) is 0 Å². The third-order valence-electron chi connectivity index (χ3n) is 12.6. The van der Waals surface area contributed by atoms with Gasteiger partial charge in [-0.3, -0.25) is 23.7 Å². The maximum Gasteiger partial charge on any atom is 0.416 e. The van der Waals surface area contributed by atoms with Gasteiger partial charge in [0.1, 0.15) is 29.5 Å². The molecule has 312 valence electrons. The van der Waals surface area contributed by atoms with Crippen LogP contribution in [0.25, 0.3) is 11.0 Å². The predicted molar refractivity (Wildman–Crippen MR) is 206 cm³/mol. The molecule has 17 heteroatoms. The molecule has 2 aromatic carbocycles. The summed E-state index contributed by atoms with van der Waals surface area (Å²) in [6.07, 6.45) is 5.53. The molecule has 3 saturated carbocycles. The number of para-hydroxylation sites is 2. The minimum Gasteiger partial charge on any atom is -0.459 e. The van der Waals surface area contributed by atoms with Gasteiger partial charge in [-0.05, 0) is 88.6 Å². The fraction of sp³-hybridized carbons (Fsp3) is 0.561. The number of halogens is 4. The molecule has 8 rings (SSSR count). The van der Waals surface area contributed by atoms with Gasteiger partial charge in [0, 0.05) is 24.1 Å². The third-order valence-corrected chi connectivity index (χ3v) is 14.7. The van der Waals surface area contributed by atoms with Gasteiger partial charge >= 0.3 is 6.18 Å². The standard InChI is InChI=1S/C41H48F4N6O6S/c1-39(17-18-39)58(55,56)49-37(54)40-23-25(40)11-5-3-2-4-6-15-32(46-28-20-26(41(43,44)45)19-27(42)21-28)36(53)50-24-30(22-34(50)35(52)48-40)57-38-47-31-14-9-10-16-33(31)51(38)29-12-7-8-13-29/h5,9-11,14,16,19-21,25,29-30,32,34,46H,2-4,6-8,12-13,15,17-18,22-24H2,1H3,(H,48,52)(H,49,54)/b11-5-/t25-,30+,32-,34-,40+/m0/s1. The monoisotopic (exact) mass is 828 g/mol. The molecule has 3 amide bonds. The molecule has 0 unspecified atom stereocenters. The van der Waals surface area contributed by atoms with Crippen molar-refractivity contribution in [3.63, 3.8) is 0 Å². The Balaban J connectivity index is 1.13. The van der Waals surface area contributed by atoms with E-state index in [1.54, 1.807) is 6.92 Å². The average Bonchev–Trinajstić information content (AvgIpc) is 3.82. The predicted octanol–water partition coefficient (Wildman–Crippen LogP) is 6.53. The van der Waals surface area contributed by atoms with Crippen LogP contribution < -0.4 is 20.1 Å². The zero-order chi connectivity index (χ0) is 41.0. The number of rotatable bonds is 8. The van der Waals surface area contributed by atoms with Crippen LogP contribution in [0.5, 0.6) is 6.01 Å². The normalized spacial score (nSPS) is 28.5. The maximum absolute atomic E-state index is 14.7. The van der Waals surface area contributed by atoms with Gasteiger partial charge in [-0.2, -0.15) is 18.2 Å². The summed E-state index contributed by atoms with van der Waals surface area (Å²) in [7, 11) is -4.05. The van der Waals surface area contributed by atoms with Gasteiger partial charge in [-0.15, -0.1) is 0 Å². The van der Waals surface area contributed by atoms with Crippen LogP contribution >= 0.6 is 0 Å². The van der Waals surface area contributed by atoms with Crippen LogP contribution in [0.3, 0.4) is 0 Å². The number of hydrogen-bond acceptors (Lipinski definition) is 8. The number of imidazole rings is 1. The summed E-state index contributed by atoms with van der Waals surface area (Å²) in [5.74, 6) is -3.81. The van der Waals surface area contributed by atoms with Gasteiger partial charge in [0.05, 0.1) is 27.9 Å². The second kappa shape index (κ2) is 15.2. The minimum atomic E-state index is -4.84. The molecule has 1 aromatic heterocycles. The highest BCUT2D eigenvalue weighted by Gasteiger charge is 2.63. The van der Waals surface area contributed by atoms with Crippen LogP contribution in [-0.4, -0.2) is 75.6 Å². The Bertz CT molecular complexity index is 2240. The van der Waals surface area contributed by atoms with E-state index >= 15 is 0 Å². The molecule has 3 heterocycles. The Kier molecular flexibility index (Phi) is 10.5. The number of sulfonamides is 1. The molecule has 1 saturated heterocycles. The molecule has 58 heavy (non-hydrogen) atoms. The molecule has 0 radical (unpaired) electrons. The molecular formula is C41H48F4N6O6S. The lowest BCUT2D eigenvalue weighted by atomic mass is 10.0. The zero-order valence-corrected chi connectivity index (χ0v) is 33.0. The van der Waals surface area contributed by atoms with E-state index in [4.69, 9.17) is 9.72 Å². The van der Waals surface area contributed by atoms with Gasteiger partial charge in [0.15, 0.2) is 0 Å². The van der Waals surface area contributed by atoms with Crippen LogP contribution in [0.2, 0.25) is 0 Å². The van der Waals surface area contributed by atoms with Gasteiger partial charge in [-0.25, -0.2) is 12.8 Å². The number of carbonyl (C=O) groups is 3. The van der Waals surface area contributed by atoms with Gasteiger partial charge in [0.2, 0.25) is 21.8 Å². The average molecular weight is 829 g/mol. The first-order valence-corrected chi connectivity index (χ1v) is 21.7. The molecule has 3 aromatic rings. The molecule has 3 N–H and O–H groups in total. The van der Waals surface area contributed by atoms with Crippen molar-refractivity contribution in [2.24, 2.45) is 5.92 Å². The lowest BCUT2D eigenvalue weighted by molar-refractivity contribution is -0.140. The molecule has 12 nitrogen and oxygen atoms in total. The van der Waals surface area contributed by atoms with Crippen molar-refractivity contribution in [3.05, 3.63) is 66.0 Å². The topological polar surface area (TPSA) is 152 Å². The van der Waals surface area contributed by atoms with Gasteiger partial charge in [0.25, 0.3) is 11.9 Å². The van der Waals surface area contributed by atoms with Crippen LogP contribution in [0.15, 0.2) is 54.6 Å². The highest BCUT2D eigenvalue weighted by molar-refractivity contribution is 7.91. The summed E-state index contributed by atoms with van der Waals surface area (Å²) in [6, 6.07) is 7.75. The van der Waals surface area contributed by atoms with Crippen molar-refractivity contribution < 1.29 is 45.1 Å². The number of nitrogens with one attached hydrogen (secondary N) is 3. The van der Waals surface area contributed by atoms with Gasteiger partial charge < -0.3 is 20.3 Å². The van der Waals surface area contributed by atoms with Crippen molar-refractivity contribution in [2.45, 2.75) is 131 Å². The van der Waals surface area contributed by atoms with Crippen molar-refractivity contribution in [3.8, 4) is 6.01 Å². The first kappa shape index (κ1) is 40.1. The summed E-state index contributed by atoms with van der Waals surface area (Å²) < 4.78 is 91.9. The summed E-state index contributed by atoms with van der Waals surface area (Å²) in [5.41, 5.74) is -1.45. The number of benzene rings is 2. The van der Waals surface area contributed by atoms with E-state index in [1.807, 2.05) is 36.4 Å². The lowest BCUT2D eigenvalue weighted by Gasteiger charge is -2.30. The van der Waals surface area contributed by atoms with Gasteiger partial charge in [-0.1, -0.05) is 50.0 Å². The van der Waals surface area contributed by atoms with E-state index in [0.717, 1.165) is 48.8 Å². The molecule has 3 aliphatic carbocycles. The number of anilines is 1. The molecule has 0 bridgehead atoms. The molecule has 4 fully saturated rings. The van der Waals surface area contributed by atoms with Crippen molar-refractivity contribution >= 4 is 44.5 Å². The second-order valence-electron chi connectivity index (χ2n) is 16.8. The molecule has 2 aliphatic heterocycles. The largest absolute Gasteiger partial charge is 0.459 e. The SMILES string of the molecule is CC1(S(=O)(=O)NC(=O)[C@@]23C[C@@H]2/C=C\CCCCC[C@H](Nc2cc(F)cc(C(F)(F)F)c2)C(=O)N2C[C@H](Oc4nc5ccccc5n4C4CCCC4)C[C@H]2C(=O)N3)CC1. The Morgan fingerprint density at radius 2 is 1.76 bits per heavy atom. The number of aromatic nitrogens is 2. The smallest absolute Gasteiger partial charge is 0.416 e. The maximum atomic E-state index is 14.7. The van der Waals surface area contributed by atoms with Crippen LogP contribution in [0.4, 0.5) is 23.2 Å². The molecule has 0 spiro atoms. The Morgan fingerprint density at radius 1 is 1.02 bits per heavy atom. The number of allylic oxidation sites excluding steroid dienone is 1. The summed E-state index contributed by atoms with van der Waals surface area (Å²) in [4.78, 5) is 49.3. The first-order valence-electron chi connectivity index (χ1n) is 20.2. The number of nitrogens with zero attached hydrogens (tertiary/aromatic N) is 3. The zero-order valence-electron chi connectivity index (χ0n) is 32.2. The Labute approximate surface area is 334 Å². The Hall–Kier alpha value is -4.67. The third kappa shape index (κ3) is 7.90. The van der Waals surface area contributed by atoms with Crippen LogP contribution in [-0.2, 0) is 30.6 Å². The number of hydrogen-bond donors (Lipinski definition) is 3. The summed E-state index contributed by atoms with van der Waals surface area (Å²) in [5, 5.41) is 5.71. The number of amides is 3. The second-order valence-corrected chi connectivity index (χ2v) is 19.0. The quantitative estimate of drug-likeness (QED) is 0.171. The summed E-state index contributed by atoms with van der Waals surface area (Å²) in [6.45, 7) is 1.45. The molecule has 5 aliphatic rings. The van der Waals surface area contributed by atoms with E-state index in [9.17, 15) is 40.4 Å². The van der Waals surface area contributed by atoms with E-state index < -0.39 is 79.7 Å². The van der Waals surface area contributed by atoms with E-state index in [0.29, 0.717) is 50.6 Å². The van der Waals surface area contributed by atoms with E-state index in [2.05, 4.69) is 19.9 Å². The summed E-state index contributed by atoms with van der Waals surface area (Å²) >= 11 is 0. The fourth-order valence-electron chi connectivity index (χ4n) is 8.75. The highest BCUT2D eigenvalue weighted by Crippen LogP contribution is 2.48. The molecular weight excluding hydrogens is 781 g/mol. The molecule has 5 atom stereocenters. The van der Waals surface area contributed by atoms with E-state index in [-0.39, 0.29) is 37.5 Å². The van der Waals surface area contributed by atoms with Crippen LogP contribution in [0, 0.1) is 11.7 Å². The van der Waals surface area contributed by atoms with Crippen LogP contribution in [0.1, 0.15) is 102 Å². The van der Waals surface area contributed by atoms with E-state index in [1.165, 1.54) is 4.90 Å². The fourth-order valence-corrected chi connectivity index (χ4v) is 10.1. The minimum absolute atomic E-state index is 0.0229. The van der Waals surface area contributed by atoms with Crippen molar-refractivity contribution in [2.75, 3.05) is 11.9 Å². The number of fused-ring (bicyclic) bond motifs is 3. The number of carbonyl (C=O) groups excluding carboxylic acids is 3. The van der Waals surface area contributed by atoms with Crippen molar-refractivity contribution in [1.82, 2.24) is 24.5 Å².